The normalized spacial score (nSPS) is 25.9. The Kier molecular flexibility index (Phi) is 3.44. The minimum atomic E-state index is 0.220. The van der Waals surface area contributed by atoms with Crippen molar-refractivity contribution in [2.45, 2.75) is 26.9 Å². The first-order valence-electron chi connectivity index (χ1n) is 5.86. The molecule has 0 radical (unpaired) electrons. The van der Waals surface area contributed by atoms with E-state index in [0.29, 0.717) is 25.0 Å². The van der Waals surface area contributed by atoms with E-state index in [1.165, 1.54) is 5.57 Å². The van der Waals surface area contributed by atoms with Gasteiger partial charge in [0.15, 0.2) is 0 Å². The highest BCUT2D eigenvalue weighted by Crippen LogP contribution is 2.23. The molecule has 0 aromatic rings. The zero-order valence-electron chi connectivity index (χ0n) is 10.1. The van der Waals surface area contributed by atoms with E-state index in [4.69, 9.17) is 9.47 Å². The van der Waals surface area contributed by atoms with E-state index >= 15 is 0 Å². The fourth-order valence-electron chi connectivity index (χ4n) is 1.68. The van der Waals surface area contributed by atoms with Crippen LogP contribution in [0, 0.1) is 11.8 Å². The van der Waals surface area contributed by atoms with Crippen LogP contribution in [0.2, 0.25) is 0 Å². The van der Waals surface area contributed by atoms with E-state index in [9.17, 15) is 0 Å². The third kappa shape index (κ3) is 2.53. The fourth-order valence-corrected chi connectivity index (χ4v) is 1.68. The van der Waals surface area contributed by atoms with Gasteiger partial charge in [-0.1, -0.05) is 26.8 Å². The Morgan fingerprint density at radius 3 is 2.75 bits per heavy atom. The van der Waals surface area contributed by atoms with Crippen LogP contribution in [0.1, 0.15) is 20.8 Å². The first-order chi connectivity index (χ1) is 7.66. The van der Waals surface area contributed by atoms with Crippen LogP contribution in [-0.4, -0.2) is 25.5 Å². The maximum Gasteiger partial charge on any atom is 0.145 e. The topological polar surface area (TPSA) is 30.8 Å². The molecule has 0 aromatic heterocycles. The lowest BCUT2D eigenvalue weighted by atomic mass is 9.99. The van der Waals surface area contributed by atoms with Crippen molar-refractivity contribution in [3.05, 3.63) is 23.6 Å². The van der Waals surface area contributed by atoms with E-state index in [-0.39, 0.29) is 6.10 Å². The zero-order chi connectivity index (χ0) is 11.5. The van der Waals surface area contributed by atoms with Crippen LogP contribution in [0.5, 0.6) is 0 Å². The number of ether oxygens (including phenoxy) is 2. The molecule has 3 nitrogen and oxygen atoms in total. The molecule has 0 bridgehead atoms. The Balaban J connectivity index is 2.04. The highest BCUT2D eigenvalue weighted by atomic mass is 16.6. The van der Waals surface area contributed by atoms with Gasteiger partial charge in [0.2, 0.25) is 0 Å². The van der Waals surface area contributed by atoms with Gasteiger partial charge in [-0.05, 0) is 11.5 Å². The molecule has 2 rings (SSSR count). The summed E-state index contributed by atoms with van der Waals surface area (Å²) < 4.78 is 10.9. The van der Waals surface area contributed by atoms with Gasteiger partial charge in [0.25, 0.3) is 0 Å². The number of aliphatic imine (C=N–C) groups is 1. The van der Waals surface area contributed by atoms with Crippen LogP contribution >= 0.6 is 0 Å². The van der Waals surface area contributed by atoms with E-state index in [1.807, 2.05) is 12.4 Å². The van der Waals surface area contributed by atoms with Crippen LogP contribution < -0.4 is 0 Å². The maximum absolute atomic E-state index is 5.83. The Morgan fingerprint density at radius 2 is 2.19 bits per heavy atom. The molecule has 0 N–H and O–H groups in total. The first kappa shape index (κ1) is 11.4. The summed E-state index contributed by atoms with van der Waals surface area (Å²) in [5, 5.41) is 0. The molecule has 2 aliphatic heterocycles. The second-order valence-electron chi connectivity index (χ2n) is 4.70. The lowest BCUT2D eigenvalue weighted by molar-refractivity contribution is -0.111. The molecular weight excluding hydrogens is 202 g/mol. The van der Waals surface area contributed by atoms with Crippen LogP contribution in [0.4, 0.5) is 0 Å². The fraction of sp³-hybridized carbons (Fsp3) is 0.615. The Bertz CT molecular complexity index is 338. The molecule has 0 aliphatic carbocycles. The quantitative estimate of drug-likeness (QED) is 0.733. The van der Waals surface area contributed by atoms with Crippen LogP contribution in [-0.2, 0) is 9.47 Å². The molecule has 1 unspecified atom stereocenters. The summed E-state index contributed by atoms with van der Waals surface area (Å²) in [7, 11) is 0. The average Bonchev–Trinajstić information content (AvgIpc) is 2.34. The van der Waals surface area contributed by atoms with Gasteiger partial charge in [-0.2, -0.15) is 0 Å². The van der Waals surface area contributed by atoms with Crippen molar-refractivity contribution in [3.8, 4) is 0 Å². The van der Waals surface area contributed by atoms with Gasteiger partial charge in [0.1, 0.15) is 11.9 Å². The minimum absolute atomic E-state index is 0.220. The van der Waals surface area contributed by atoms with Crippen molar-refractivity contribution in [1.82, 2.24) is 0 Å². The van der Waals surface area contributed by atoms with Crippen molar-refractivity contribution in [2.24, 2.45) is 16.8 Å². The van der Waals surface area contributed by atoms with Crippen LogP contribution in [0.15, 0.2) is 28.6 Å². The Morgan fingerprint density at radius 1 is 1.44 bits per heavy atom. The largest absolute Gasteiger partial charge is 0.488 e. The third-order valence-corrected chi connectivity index (χ3v) is 2.89. The number of rotatable bonds is 3. The van der Waals surface area contributed by atoms with Gasteiger partial charge in [-0.3, -0.25) is 4.99 Å². The summed E-state index contributed by atoms with van der Waals surface area (Å²) in [5.74, 6) is 1.74. The van der Waals surface area contributed by atoms with E-state index in [1.54, 1.807) is 0 Å². The molecule has 88 valence electrons. The monoisotopic (exact) mass is 221 g/mol. The predicted octanol–water partition coefficient (Wildman–Crippen LogP) is 2.55. The van der Waals surface area contributed by atoms with Crippen LogP contribution in [0.25, 0.3) is 0 Å². The van der Waals surface area contributed by atoms with E-state index < -0.39 is 0 Å². The third-order valence-electron chi connectivity index (χ3n) is 2.89. The molecule has 16 heavy (non-hydrogen) atoms. The Labute approximate surface area is 96.9 Å². The summed E-state index contributed by atoms with van der Waals surface area (Å²) in [5.41, 5.74) is 1.27. The highest BCUT2D eigenvalue weighted by molar-refractivity contribution is 5.80. The van der Waals surface area contributed by atoms with Crippen molar-refractivity contribution in [3.63, 3.8) is 0 Å². The number of nitrogens with zero attached hydrogens (tertiary/aromatic N) is 1. The summed E-state index contributed by atoms with van der Waals surface area (Å²) in [4.78, 5) is 4.30. The molecule has 1 fully saturated rings. The standard InChI is InChI=1S/C13H19NO2/c1-9(2)11-4-10(3)13(6-14-5-11)16-12-7-15-8-12/h4-6,9-10,12H,7-8H2,1-3H3. The second-order valence-corrected chi connectivity index (χ2v) is 4.70. The number of hydrogen-bond donors (Lipinski definition) is 0. The van der Waals surface area contributed by atoms with Gasteiger partial charge < -0.3 is 9.47 Å². The summed E-state index contributed by atoms with van der Waals surface area (Å²) >= 11 is 0. The average molecular weight is 221 g/mol. The lowest BCUT2D eigenvalue weighted by Gasteiger charge is -2.29. The molecule has 3 heteroatoms. The predicted molar refractivity (Wildman–Crippen MR) is 64.4 cm³/mol. The summed E-state index contributed by atoms with van der Waals surface area (Å²) in [6.45, 7) is 7.90. The highest BCUT2D eigenvalue weighted by Gasteiger charge is 2.23. The molecule has 0 spiro atoms. The molecular formula is C13H19NO2. The molecule has 1 saturated heterocycles. The molecule has 0 aromatic carbocycles. The van der Waals surface area contributed by atoms with Gasteiger partial charge in [-0.25, -0.2) is 0 Å². The van der Waals surface area contributed by atoms with Crippen molar-refractivity contribution in [2.75, 3.05) is 13.2 Å². The molecule has 0 saturated carbocycles. The Hall–Kier alpha value is -1.09. The summed E-state index contributed by atoms with van der Waals surface area (Å²) in [6.07, 6.45) is 6.20. The lowest BCUT2D eigenvalue weighted by Crippen LogP contribution is -2.36. The number of hydrogen-bond acceptors (Lipinski definition) is 3. The zero-order valence-corrected chi connectivity index (χ0v) is 10.1. The SMILES string of the molecule is CC(C)C1=CC(C)C(OC2COC2)=CN=C1. The molecule has 2 aliphatic rings. The molecule has 0 amide bonds. The van der Waals surface area contributed by atoms with Gasteiger partial charge in [0, 0.05) is 12.1 Å². The summed E-state index contributed by atoms with van der Waals surface area (Å²) in [6, 6.07) is 0. The van der Waals surface area contributed by atoms with Gasteiger partial charge in [-0.15, -0.1) is 0 Å². The van der Waals surface area contributed by atoms with Crippen molar-refractivity contribution >= 4 is 6.21 Å². The smallest absolute Gasteiger partial charge is 0.145 e. The van der Waals surface area contributed by atoms with Crippen molar-refractivity contribution < 1.29 is 9.47 Å². The van der Waals surface area contributed by atoms with Crippen LogP contribution in [0.3, 0.4) is 0 Å². The van der Waals surface area contributed by atoms with E-state index in [0.717, 1.165) is 5.76 Å². The maximum atomic E-state index is 5.83. The van der Waals surface area contributed by atoms with E-state index in [2.05, 4.69) is 31.8 Å². The van der Waals surface area contributed by atoms with Gasteiger partial charge in [0.05, 0.1) is 19.4 Å². The first-order valence-corrected chi connectivity index (χ1v) is 5.86. The molecule has 1 atom stereocenters. The minimum Gasteiger partial charge on any atom is -0.488 e. The number of allylic oxidation sites excluding steroid dienone is 2. The molecule has 2 heterocycles. The van der Waals surface area contributed by atoms with Gasteiger partial charge >= 0.3 is 0 Å². The second kappa shape index (κ2) is 4.83. The van der Waals surface area contributed by atoms with Crippen molar-refractivity contribution in [1.29, 1.82) is 0 Å².